The molecular formula is C39H64O14. The maximum atomic E-state index is 14.8. The van der Waals surface area contributed by atoms with Gasteiger partial charge in [0.15, 0.2) is 12.6 Å². The van der Waals surface area contributed by atoms with Gasteiger partial charge in [0.25, 0.3) is 0 Å². The second-order valence-electron chi connectivity index (χ2n) is 17.9. The molecule has 0 bridgehead atoms. The highest BCUT2D eigenvalue weighted by atomic mass is 16.7. The third-order valence-electron chi connectivity index (χ3n) is 14.6. The molecule has 0 aromatic carbocycles. The standard InChI is InChI=1S/C39H64O14/c1-17(2)6-9-24(42)18(3)29-25(51-37-35(49)33(47)31(45)27(16-41)53-37)13-23-21-8-7-19-12-20(50-36-34(48)32(46)30(44)26(15-40)52-36)10-11-38(19,4)22(21)14-28(43)39(23,29)5/h7,17-18,20-27,29-37,40-42,44-49H,6,8-16H2,1-5H3/t18-,20+,21-,22+,23+,24-,25+,26-,27-,29+,30-,31-,32+,33+,34-,35-,36-,37-,38+,39-/m1/s1. The minimum Gasteiger partial charge on any atom is -0.394 e. The number of carbonyl (C=O) groups is 1. The fourth-order valence-corrected chi connectivity index (χ4v) is 11.3. The zero-order chi connectivity index (χ0) is 38.7. The summed E-state index contributed by atoms with van der Waals surface area (Å²) in [6.07, 6.45) is -8.70. The molecule has 2 aliphatic heterocycles. The largest absolute Gasteiger partial charge is 0.394 e. The summed E-state index contributed by atoms with van der Waals surface area (Å²) < 4.78 is 24.1. The smallest absolute Gasteiger partial charge is 0.186 e. The van der Waals surface area contributed by atoms with Crippen LogP contribution in [0.3, 0.4) is 0 Å². The Morgan fingerprint density at radius 2 is 1.40 bits per heavy atom. The predicted octanol–water partition coefficient (Wildman–Crippen LogP) is 0.158. The van der Waals surface area contributed by atoms with Crippen molar-refractivity contribution in [3.63, 3.8) is 0 Å². The van der Waals surface area contributed by atoms with E-state index in [9.17, 15) is 50.8 Å². The van der Waals surface area contributed by atoms with Crippen LogP contribution in [0.2, 0.25) is 0 Å². The molecule has 2 saturated heterocycles. The van der Waals surface area contributed by atoms with E-state index in [4.69, 9.17) is 18.9 Å². The topological polar surface area (TPSA) is 236 Å². The SMILES string of the molecule is CC(C)CC[C@@H](O)[C@@H](C)[C@H]1[C@@H](O[C@@H]2O[C@H](CO)[C@@H](O)[C@H](O)[C@H]2O)C[C@H]2[C@@H]3CC=C4C[C@@H](O[C@@H]5O[C@H](CO)[C@@H](O)[C@H](O)[C@H]5O)CC[C@]4(C)[C@H]3CC(=O)[C@]12C. The lowest BCUT2D eigenvalue weighted by molar-refractivity contribution is -0.315. The molecule has 20 atom stereocenters. The molecule has 6 rings (SSSR count). The van der Waals surface area contributed by atoms with E-state index in [1.165, 1.54) is 0 Å². The minimum atomic E-state index is -1.61. The molecule has 0 aromatic rings. The van der Waals surface area contributed by atoms with E-state index < -0.39 is 98.2 Å². The van der Waals surface area contributed by atoms with Gasteiger partial charge in [0.2, 0.25) is 0 Å². The van der Waals surface area contributed by atoms with Gasteiger partial charge in [-0.15, -0.1) is 0 Å². The zero-order valence-electron chi connectivity index (χ0n) is 31.7. The summed E-state index contributed by atoms with van der Waals surface area (Å²) in [7, 11) is 0. The molecule has 14 nitrogen and oxygen atoms in total. The molecule has 304 valence electrons. The van der Waals surface area contributed by atoms with Crippen molar-refractivity contribution in [3.05, 3.63) is 11.6 Å². The lowest BCUT2D eigenvalue weighted by atomic mass is 9.46. The average Bonchev–Trinajstić information content (AvgIpc) is 3.43. The van der Waals surface area contributed by atoms with Crippen molar-refractivity contribution in [1.29, 1.82) is 0 Å². The Bertz CT molecular complexity index is 1310. The van der Waals surface area contributed by atoms with E-state index in [2.05, 4.69) is 26.8 Å². The molecule has 0 amide bonds. The van der Waals surface area contributed by atoms with Crippen LogP contribution in [0.5, 0.6) is 0 Å². The van der Waals surface area contributed by atoms with Gasteiger partial charge in [-0.05, 0) is 80.0 Å². The summed E-state index contributed by atoms with van der Waals surface area (Å²) in [5.74, 6) is -0.279. The van der Waals surface area contributed by atoms with Crippen molar-refractivity contribution in [3.8, 4) is 0 Å². The highest BCUT2D eigenvalue weighted by Gasteiger charge is 2.67. The van der Waals surface area contributed by atoms with E-state index in [0.29, 0.717) is 50.9 Å². The Kier molecular flexibility index (Phi) is 12.6. The van der Waals surface area contributed by atoms with Crippen LogP contribution in [0.15, 0.2) is 11.6 Å². The fraction of sp³-hybridized carbons (Fsp3) is 0.923. The monoisotopic (exact) mass is 756 g/mol. The maximum absolute atomic E-state index is 14.8. The van der Waals surface area contributed by atoms with E-state index in [-0.39, 0.29) is 41.0 Å². The van der Waals surface area contributed by atoms with Crippen molar-refractivity contribution in [1.82, 2.24) is 0 Å². The first kappa shape index (κ1) is 41.5. The lowest BCUT2D eigenvalue weighted by Crippen LogP contribution is -2.60. The molecule has 9 N–H and O–H groups in total. The Hall–Kier alpha value is -1.11. The third-order valence-corrected chi connectivity index (χ3v) is 14.6. The Morgan fingerprint density at radius 1 is 0.811 bits per heavy atom. The maximum Gasteiger partial charge on any atom is 0.186 e. The number of ketones is 1. The molecule has 5 fully saturated rings. The molecule has 53 heavy (non-hydrogen) atoms. The normalized spacial score (nSPS) is 49.9. The van der Waals surface area contributed by atoms with Crippen LogP contribution >= 0.6 is 0 Å². The minimum absolute atomic E-state index is 0.0223. The van der Waals surface area contributed by atoms with Crippen molar-refractivity contribution < 1.29 is 69.7 Å². The number of hydrogen-bond donors (Lipinski definition) is 9. The highest BCUT2D eigenvalue weighted by molar-refractivity contribution is 5.87. The quantitative estimate of drug-likeness (QED) is 0.128. The van der Waals surface area contributed by atoms with E-state index in [1.54, 1.807) is 0 Å². The van der Waals surface area contributed by atoms with Gasteiger partial charge in [-0.3, -0.25) is 4.79 Å². The van der Waals surface area contributed by atoms with Gasteiger partial charge in [-0.25, -0.2) is 0 Å². The number of carbonyl (C=O) groups excluding carboxylic acids is 1. The van der Waals surface area contributed by atoms with Gasteiger partial charge in [0, 0.05) is 17.8 Å². The highest BCUT2D eigenvalue weighted by Crippen LogP contribution is 2.67. The van der Waals surface area contributed by atoms with Crippen LogP contribution in [0.1, 0.15) is 86.0 Å². The van der Waals surface area contributed by atoms with Gasteiger partial charge < -0.3 is 64.9 Å². The molecule has 4 aliphatic carbocycles. The number of ether oxygens (including phenoxy) is 4. The predicted molar refractivity (Wildman–Crippen MR) is 187 cm³/mol. The Morgan fingerprint density at radius 3 is 1.96 bits per heavy atom. The summed E-state index contributed by atoms with van der Waals surface area (Å²) >= 11 is 0. The van der Waals surface area contributed by atoms with Gasteiger partial charge >= 0.3 is 0 Å². The molecule has 0 unspecified atom stereocenters. The van der Waals surface area contributed by atoms with Crippen LogP contribution in [-0.2, 0) is 23.7 Å². The summed E-state index contributed by atoms with van der Waals surface area (Å²) in [6, 6.07) is 0. The molecule has 14 heteroatoms. The average molecular weight is 757 g/mol. The molecule has 0 spiro atoms. The second-order valence-corrected chi connectivity index (χ2v) is 17.9. The first-order valence-electron chi connectivity index (χ1n) is 19.8. The van der Waals surface area contributed by atoms with Gasteiger partial charge in [-0.1, -0.05) is 46.3 Å². The zero-order valence-corrected chi connectivity index (χ0v) is 31.7. The van der Waals surface area contributed by atoms with E-state index in [1.807, 2.05) is 13.8 Å². The van der Waals surface area contributed by atoms with Gasteiger partial charge in [0.05, 0.1) is 31.5 Å². The van der Waals surface area contributed by atoms with Crippen LogP contribution in [0.25, 0.3) is 0 Å². The van der Waals surface area contributed by atoms with Crippen molar-refractivity contribution in [2.45, 2.75) is 166 Å². The Balaban J connectivity index is 1.25. The lowest BCUT2D eigenvalue weighted by Gasteiger charge is -2.57. The number of allylic oxidation sites excluding steroid dienone is 1. The van der Waals surface area contributed by atoms with Crippen molar-refractivity contribution >= 4 is 5.78 Å². The van der Waals surface area contributed by atoms with Crippen molar-refractivity contribution in [2.75, 3.05) is 13.2 Å². The number of Topliss-reactive ketones (excluding diaryl/α,β-unsaturated/α-hetero) is 1. The molecule has 0 radical (unpaired) electrons. The van der Waals surface area contributed by atoms with Gasteiger partial charge in [0.1, 0.15) is 54.6 Å². The number of fused-ring (bicyclic) bond motifs is 5. The summed E-state index contributed by atoms with van der Waals surface area (Å²) in [5, 5.41) is 94.0. The molecular weight excluding hydrogens is 692 g/mol. The number of aliphatic hydroxyl groups is 9. The molecule has 2 heterocycles. The molecule has 6 aliphatic rings. The third kappa shape index (κ3) is 7.32. The van der Waals surface area contributed by atoms with E-state index >= 15 is 0 Å². The van der Waals surface area contributed by atoms with Crippen LogP contribution in [-0.4, -0.2) is 145 Å². The first-order chi connectivity index (χ1) is 25.0. The van der Waals surface area contributed by atoms with E-state index in [0.717, 1.165) is 12.0 Å². The number of aliphatic hydroxyl groups excluding tert-OH is 9. The van der Waals surface area contributed by atoms with Crippen LogP contribution < -0.4 is 0 Å². The Labute approximate surface area is 312 Å². The van der Waals surface area contributed by atoms with Crippen molar-refractivity contribution in [2.24, 2.45) is 46.3 Å². The molecule has 3 saturated carbocycles. The summed E-state index contributed by atoms with van der Waals surface area (Å²) in [6.45, 7) is 9.25. The summed E-state index contributed by atoms with van der Waals surface area (Å²) in [5.41, 5.74) is -0.0100. The van der Waals surface area contributed by atoms with Crippen LogP contribution in [0.4, 0.5) is 0 Å². The first-order valence-corrected chi connectivity index (χ1v) is 19.8. The van der Waals surface area contributed by atoms with Gasteiger partial charge in [-0.2, -0.15) is 0 Å². The fourth-order valence-electron chi connectivity index (χ4n) is 11.3. The number of rotatable bonds is 11. The second kappa shape index (κ2) is 16.0. The van der Waals surface area contributed by atoms with Crippen LogP contribution in [0, 0.1) is 46.3 Å². The molecule has 0 aromatic heterocycles. The number of hydrogen-bond acceptors (Lipinski definition) is 14. The summed E-state index contributed by atoms with van der Waals surface area (Å²) in [4.78, 5) is 14.8.